The molecular weight excluding hydrogens is 348 g/mol. The number of anilines is 1. The molecule has 0 aliphatic carbocycles. The number of hydrogen-bond donors (Lipinski definition) is 2. The quantitative estimate of drug-likeness (QED) is 0.373. The molecule has 2 heterocycles. The van der Waals surface area contributed by atoms with E-state index in [2.05, 4.69) is 15.4 Å². The SMILES string of the molecule is CC(=NCC[NH+]1CC[NH2+]CC1)[C@@H]1C(=O)N(c2ccc([N+](=O)[O-])cc2)N=C1C. The van der Waals surface area contributed by atoms with Crippen molar-refractivity contribution in [2.75, 3.05) is 44.3 Å². The lowest BCUT2D eigenvalue weighted by Gasteiger charge is -2.21. The van der Waals surface area contributed by atoms with Gasteiger partial charge in [0.15, 0.2) is 0 Å². The van der Waals surface area contributed by atoms with Gasteiger partial charge < -0.3 is 10.2 Å². The number of piperazine rings is 1. The fourth-order valence-corrected chi connectivity index (χ4v) is 3.56. The normalized spacial score (nSPS) is 21.5. The minimum atomic E-state index is -0.466. The number of nitro benzene ring substituents is 1. The van der Waals surface area contributed by atoms with Gasteiger partial charge in [-0.05, 0) is 26.0 Å². The molecule has 3 N–H and O–H groups in total. The fraction of sp³-hybridized carbons (Fsp3) is 0.500. The topological polar surface area (TPSA) is 109 Å². The lowest BCUT2D eigenvalue weighted by atomic mass is 9.99. The number of hydrazone groups is 1. The second kappa shape index (κ2) is 8.36. The summed E-state index contributed by atoms with van der Waals surface area (Å²) in [6.45, 7) is 10.0. The molecule has 144 valence electrons. The standard InChI is InChI=1S/C18H24N6O3/c1-13(20-9-12-22-10-7-19-8-11-22)17-14(2)21-23(18(17)25)15-3-5-16(6-4-15)24(26)27/h3-6,17,19H,7-12H2,1-2H3/p+2/t17-/m0/s1. The summed E-state index contributed by atoms with van der Waals surface area (Å²) in [5.41, 5.74) is 1.97. The molecule has 3 rings (SSSR count). The Hall–Kier alpha value is -2.65. The first kappa shape index (κ1) is 19.1. The van der Waals surface area contributed by atoms with Crippen LogP contribution in [-0.2, 0) is 4.79 Å². The molecule has 0 unspecified atom stereocenters. The van der Waals surface area contributed by atoms with Crippen molar-refractivity contribution in [3.63, 3.8) is 0 Å². The molecule has 1 fully saturated rings. The van der Waals surface area contributed by atoms with Crippen LogP contribution in [0, 0.1) is 16.0 Å². The van der Waals surface area contributed by atoms with E-state index < -0.39 is 10.8 Å². The van der Waals surface area contributed by atoms with Crippen molar-refractivity contribution in [1.29, 1.82) is 0 Å². The molecule has 0 spiro atoms. The highest BCUT2D eigenvalue weighted by molar-refractivity contribution is 6.27. The molecular formula is C18H26N6O3+2. The number of benzene rings is 1. The van der Waals surface area contributed by atoms with Gasteiger partial charge in [0, 0.05) is 17.8 Å². The first-order valence-corrected chi connectivity index (χ1v) is 9.27. The molecule has 9 nitrogen and oxygen atoms in total. The zero-order valence-electron chi connectivity index (χ0n) is 15.7. The van der Waals surface area contributed by atoms with Crippen molar-refractivity contribution in [1.82, 2.24) is 0 Å². The fourth-order valence-electron chi connectivity index (χ4n) is 3.56. The van der Waals surface area contributed by atoms with E-state index in [4.69, 9.17) is 0 Å². The Bertz CT molecular complexity index is 768. The number of hydrogen-bond acceptors (Lipinski definition) is 5. The van der Waals surface area contributed by atoms with Crippen LogP contribution in [0.1, 0.15) is 13.8 Å². The van der Waals surface area contributed by atoms with Crippen molar-refractivity contribution in [2.24, 2.45) is 16.0 Å². The van der Waals surface area contributed by atoms with Crippen LogP contribution < -0.4 is 15.2 Å². The second-order valence-corrected chi connectivity index (χ2v) is 6.99. The van der Waals surface area contributed by atoms with Gasteiger partial charge in [0.25, 0.3) is 11.6 Å². The maximum atomic E-state index is 12.8. The zero-order valence-corrected chi connectivity index (χ0v) is 15.7. The first-order chi connectivity index (χ1) is 13.0. The number of nitrogens with one attached hydrogen (secondary N) is 1. The predicted octanol–water partition coefficient (Wildman–Crippen LogP) is -1.14. The van der Waals surface area contributed by atoms with Crippen molar-refractivity contribution in [3.05, 3.63) is 34.4 Å². The third kappa shape index (κ3) is 4.37. The van der Waals surface area contributed by atoms with Crippen LogP contribution in [0.3, 0.4) is 0 Å². The van der Waals surface area contributed by atoms with Crippen LogP contribution in [0.5, 0.6) is 0 Å². The molecule has 0 bridgehead atoms. The summed E-state index contributed by atoms with van der Waals surface area (Å²) in [4.78, 5) is 29.3. The van der Waals surface area contributed by atoms with Gasteiger partial charge in [-0.3, -0.25) is 19.9 Å². The summed E-state index contributed by atoms with van der Waals surface area (Å²) in [5, 5.41) is 18.8. The Morgan fingerprint density at radius 1 is 1.37 bits per heavy atom. The smallest absolute Gasteiger partial charge is 0.269 e. The van der Waals surface area contributed by atoms with Gasteiger partial charge in [0.05, 0.1) is 29.4 Å². The minimum absolute atomic E-state index is 0.0156. The van der Waals surface area contributed by atoms with E-state index in [9.17, 15) is 14.9 Å². The molecule has 0 saturated carbocycles. The number of nitro groups is 1. The van der Waals surface area contributed by atoms with Crippen molar-refractivity contribution >= 4 is 28.7 Å². The second-order valence-electron chi connectivity index (χ2n) is 6.99. The van der Waals surface area contributed by atoms with E-state index in [1.807, 2.05) is 13.8 Å². The van der Waals surface area contributed by atoms with Crippen LogP contribution in [-0.4, -0.2) is 61.5 Å². The third-order valence-corrected chi connectivity index (χ3v) is 5.08. The monoisotopic (exact) mass is 374 g/mol. The molecule has 2 aliphatic rings. The molecule has 2 aliphatic heterocycles. The Morgan fingerprint density at radius 2 is 2.04 bits per heavy atom. The van der Waals surface area contributed by atoms with Gasteiger partial charge in [-0.15, -0.1) is 0 Å². The highest BCUT2D eigenvalue weighted by Gasteiger charge is 2.36. The predicted molar refractivity (Wildman–Crippen MR) is 102 cm³/mol. The molecule has 27 heavy (non-hydrogen) atoms. The average molecular weight is 374 g/mol. The Morgan fingerprint density at radius 3 is 2.67 bits per heavy atom. The van der Waals surface area contributed by atoms with Crippen LogP contribution in [0.4, 0.5) is 11.4 Å². The lowest BCUT2D eigenvalue weighted by molar-refractivity contribution is -0.945. The van der Waals surface area contributed by atoms with E-state index in [1.165, 1.54) is 17.1 Å². The number of rotatable bonds is 6. The number of nitrogens with two attached hydrogens (primary N) is 1. The van der Waals surface area contributed by atoms with Crippen molar-refractivity contribution in [2.45, 2.75) is 13.8 Å². The summed E-state index contributed by atoms with van der Waals surface area (Å²) in [6, 6.07) is 5.83. The molecule has 1 amide bonds. The molecule has 1 aromatic carbocycles. The van der Waals surface area contributed by atoms with Gasteiger partial charge in [-0.1, -0.05) is 0 Å². The van der Waals surface area contributed by atoms with Gasteiger partial charge in [-0.2, -0.15) is 10.1 Å². The third-order valence-electron chi connectivity index (χ3n) is 5.08. The Labute approximate surface area is 157 Å². The first-order valence-electron chi connectivity index (χ1n) is 9.27. The van der Waals surface area contributed by atoms with E-state index in [1.54, 1.807) is 17.0 Å². The summed E-state index contributed by atoms with van der Waals surface area (Å²) in [5.74, 6) is -0.618. The lowest BCUT2D eigenvalue weighted by Crippen LogP contribution is -3.20. The van der Waals surface area contributed by atoms with Gasteiger partial charge in [-0.25, -0.2) is 0 Å². The molecule has 0 aromatic heterocycles. The molecule has 0 radical (unpaired) electrons. The van der Waals surface area contributed by atoms with Crippen molar-refractivity contribution < 1.29 is 19.9 Å². The Kier molecular flexibility index (Phi) is 5.92. The van der Waals surface area contributed by atoms with Gasteiger partial charge in [0.2, 0.25) is 0 Å². The average Bonchev–Trinajstić information content (AvgIpc) is 2.97. The number of aliphatic imine (C=N–C) groups is 1. The van der Waals surface area contributed by atoms with Gasteiger partial charge >= 0.3 is 0 Å². The number of nitrogens with zero attached hydrogens (tertiary/aromatic N) is 4. The molecule has 1 atom stereocenters. The van der Waals surface area contributed by atoms with Gasteiger partial charge in [0.1, 0.15) is 32.1 Å². The van der Waals surface area contributed by atoms with E-state index in [-0.39, 0.29) is 11.6 Å². The van der Waals surface area contributed by atoms with Crippen molar-refractivity contribution in [3.8, 4) is 0 Å². The minimum Gasteiger partial charge on any atom is -0.337 e. The number of non-ortho nitro benzene ring substituents is 1. The van der Waals surface area contributed by atoms with Crippen LogP contribution >= 0.6 is 0 Å². The van der Waals surface area contributed by atoms with E-state index >= 15 is 0 Å². The van der Waals surface area contributed by atoms with E-state index in [0.717, 1.165) is 38.4 Å². The number of quaternary nitrogens is 2. The summed E-state index contributed by atoms with van der Waals surface area (Å²) < 4.78 is 0. The highest BCUT2D eigenvalue weighted by Crippen LogP contribution is 2.26. The number of carbonyl (C=O) groups excluding carboxylic acids is 1. The summed E-state index contributed by atoms with van der Waals surface area (Å²) in [7, 11) is 0. The molecule has 1 saturated heterocycles. The molecule has 9 heteroatoms. The largest absolute Gasteiger partial charge is 0.337 e. The summed E-state index contributed by atoms with van der Waals surface area (Å²) in [6.07, 6.45) is 0. The maximum Gasteiger partial charge on any atom is 0.269 e. The van der Waals surface area contributed by atoms with Crippen LogP contribution in [0.25, 0.3) is 0 Å². The highest BCUT2D eigenvalue weighted by atomic mass is 16.6. The number of carbonyl (C=O) groups is 1. The van der Waals surface area contributed by atoms with E-state index in [0.29, 0.717) is 17.9 Å². The number of amides is 1. The zero-order chi connectivity index (χ0) is 19.4. The Balaban J connectivity index is 1.64. The molecule has 1 aromatic rings. The van der Waals surface area contributed by atoms with Crippen LogP contribution in [0.15, 0.2) is 34.4 Å². The summed E-state index contributed by atoms with van der Waals surface area (Å²) >= 11 is 0. The maximum absolute atomic E-state index is 12.8. The van der Waals surface area contributed by atoms with Crippen LogP contribution in [0.2, 0.25) is 0 Å².